The minimum absolute atomic E-state index is 0.00835. The SMILES string of the molecule is O=C(NCCc1ccccc1)c1ccc(CN2CC(=O)N3CSC[C@@H]3C2=O)cc1. The molecule has 2 fully saturated rings. The zero-order valence-electron chi connectivity index (χ0n) is 16.0. The number of thioether (sulfide) groups is 1. The minimum atomic E-state index is -0.323. The van der Waals surface area contributed by atoms with Gasteiger partial charge in [0, 0.05) is 24.4 Å². The molecule has 0 unspecified atom stereocenters. The second kappa shape index (κ2) is 8.69. The van der Waals surface area contributed by atoms with Crippen molar-refractivity contribution in [2.24, 2.45) is 0 Å². The first kappa shape index (κ1) is 19.5. The third-order valence-electron chi connectivity index (χ3n) is 5.26. The number of hydrogen-bond acceptors (Lipinski definition) is 4. The lowest BCUT2D eigenvalue weighted by Gasteiger charge is -2.35. The van der Waals surface area contributed by atoms with E-state index in [0.29, 0.717) is 30.3 Å². The van der Waals surface area contributed by atoms with Crippen molar-refractivity contribution in [2.45, 2.75) is 19.0 Å². The van der Waals surface area contributed by atoms with Crippen LogP contribution in [-0.4, -0.2) is 58.3 Å². The first-order chi connectivity index (χ1) is 14.1. The Bertz CT molecular complexity index is 901. The van der Waals surface area contributed by atoms with Crippen LogP contribution in [0.3, 0.4) is 0 Å². The van der Waals surface area contributed by atoms with Gasteiger partial charge >= 0.3 is 0 Å². The topological polar surface area (TPSA) is 69.7 Å². The Balaban J connectivity index is 1.31. The van der Waals surface area contributed by atoms with E-state index >= 15 is 0 Å². The summed E-state index contributed by atoms with van der Waals surface area (Å²) in [6.07, 6.45) is 0.784. The van der Waals surface area contributed by atoms with E-state index in [9.17, 15) is 14.4 Å². The summed E-state index contributed by atoms with van der Waals surface area (Å²) < 4.78 is 0. The smallest absolute Gasteiger partial charge is 0.251 e. The molecular weight excluding hydrogens is 386 g/mol. The first-order valence-electron chi connectivity index (χ1n) is 9.69. The molecule has 1 atom stereocenters. The van der Waals surface area contributed by atoms with E-state index in [4.69, 9.17) is 0 Å². The van der Waals surface area contributed by atoms with Gasteiger partial charge in [-0.1, -0.05) is 42.5 Å². The molecule has 0 bridgehead atoms. The summed E-state index contributed by atoms with van der Waals surface area (Å²) >= 11 is 1.62. The fraction of sp³-hybridized carbons (Fsp3) is 0.318. The maximum absolute atomic E-state index is 12.6. The van der Waals surface area contributed by atoms with Crippen molar-refractivity contribution < 1.29 is 14.4 Å². The van der Waals surface area contributed by atoms with Crippen LogP contribution in [0.25, 0.3) is 0 Å². The zero-order chi connectivity index (χ0) is 20.2. The zero-order valence-corrected chi connectivity index (χ0v) is 16.9. The van der Waals surface area contributed by atoms with Gasteiger partial charge in [0.15, 0.2) is 0 Å². The number of nitrogens with one attached hydrogen (secondary N) is 1. The average Bonchev–Trinajstić information content (AvgIpc) is 3.24. The minimum Gasteiger partial charge on any atom is -0.352 e. The van der Waals surface area contributed by atoms with Gasteiger partial charge in [-0.2, -0.15) is 0 Å². The lowest BCUT2D eigenvalue weighted by Crippen LogP contribution is -2.57. The van der Waals surface area contributed by atoms with E-state index in [1.54, 1.807) is 33.7 Å². The molecule has 2 aromatic rings. The fourth-order valence-corrected chi connectivity index (χ4v) is 4.79. The van der Waals surface area contributed by atoms with Crippen LogP contribution in [0.2, 0.25) is 0 Å². The molecule has 2 saturated heterocycles. The third kappa shape index (κ3) is 4.45. The second-order valence-corrected chi connectivity index (χ2v) is 8.26. The molecular formula is C22H23N3O3S. The summed E-state index contributed by atoms with van der Waals surface area (Å²) in [5, 5.41) is 2.93. The highest BCUT2D eigenvalue weighted by Gasteiger charge is 2.42. The van der Waals surface area contributed by atoms with Gasteiger partial charge in [0.2, 0.25) is 11.8 Å². The average molecular weight is 410 g/mol. The van der Waals surface area contributed by atoms with Gasteiger partial charge in [0.1, 0.15) is 12.6 Å². The van der Waals surface area contributed by atoms with E-state index in [-0.39, 0.29) is 30.3 Å². The molecule has 0 spiro atoms. The van der Waals surface area contributed by atoms with Crippen LogP contribution in [0.15, 0.2) is 54.6 Å². The number of hydrogen-bond donors (Lipinski definition) is 1. The summed E-state index contributed by atoms with van der Waals surface area (Å²) in [4.78, 5) is 40.5. The second-order valence-electron chi connectivity index (χ2n) is 7.26. The maximum atomic E-state index is 12.6. The van der Waals surface area contributed by atoms with Crippen molar-refractivity contribution in [1.29, 1.82) is 0 Å². The monoisotopic (exact) mass is 409 g/mol. The molecule has 1 N–H and O–H groups in total. The van der Waals surface area contributed by atoms with E-state index in [0.717, 1.165) is 12.0 Å². The molecule has 3 amide bonds. The van der Waals surface area contributed by atoms with Gasteiger partial charge in [-0.25, -0.2) is 0 Å². The van der Waals surface area contributed by atoms with Crippen molar-refractivity contribution in [1.82, 2.24) is 15.1 Å². The van der Waals surface area contributed by atoms with Crippen LogP contribution in [0.5, 0.6) is 0 Å². The van der Waals surface area contributed by atoms with Gasteiger partial charge in [0.05, 0.1) is 5.88 Å². The highest BCUT2D eigenvalue weighted by molar-refractivity contribution is 7.99. The molecule has 29 heavy (non-hydrogen) atoms. The lowest BCUT2D eigenvalue weighted by molar-refractivity contribution is -0.153. The number of piperazine rings is 1. The third-order valence-corrected chi connectivity index (χ3v) is 6.27. The molecule has 7 heteroatoms. The summed E-state index contributed by atoms with van der Waals surface area (Å²) in [6, 6.07) is 16.9. The first-order valence-corrected chi connectivity index (χ1v) is 10.8. The van der Waals surface area contributed by atoms with Gasteiger partial charge in [0.25, 0.3) is 5.91 Å². The molecule has 2 aromatic carbocycles. The van der Waals surface area contributed by atoms with Gasteiger partial charge in [-0.15, -0.1) is 11.8 Å². The van der Waals surface area contributed by atoms with Gasteiger partial charge < -0.3 is 15.1 Å². The predicted molar refractivity (Wildman–Crippen MR) is 112 cm³/mol. The van der Waals surface area contributed by atoms with Gasteiger partial charge in [-0.05, 0) is 29.7 Å². The molecule has 2 heterocycles. The van der Waals surface area contributed by atoms with E-state index in [2.05, 4.69) is 5.32 Å². The Kier molecular flexibility index (Phi) is 5.85. The Labute approximate surface area is 174 Å². The van der Waals surface area contributed by atoms with Crippen molar-refractivity contribution in [3.05, 3.63) is 71.3 Å². The van der Waals surface area contributed by atoms with Crippen molar-refractivity contribution in [2.75, 3.05) is 24.7 Å². The Morgan fingerprint density at radius 3 is 2.55 bits per heavy atom. The molecule has 0 aromatic heterocycles. The van der Waals surface area contributed by atoms with Crippen molar-refractivity contribution in [3.8, 4) is 0 Å². The molecule has 0 aliphatic carbocycles. The standard InChI is InChI=1S/C22H23N3O3S/c26-20-13-24(22(28)19-14-29-15-25(19)20)12-17-6-8-18(9-7-17)21(27)23-11-10-16-4-2-1-3-5-16/h1-9,19H,10-15H2,(H,23,27)/t19-/m1/s1. The summed E-state index contributed by atoms with van der Waals surface area (Å²) in [7, 11) is 0. The fourth-order valence-electron chi connectivity index (χ4n) is 3.62. The molecule has 6 nitrogen and oxygen atoms in total. The van der Waals surface area contributed by atoms with Crippen LogP contribution in [-0.2, 0) is 22.6 Å². The van der Waals surface area contributed by atoms with Crippen LogP contribution in [0, 0.1) is 0 Å². The van der Waals surface area contributed by atoms with E-state index in [1.165, 1.54) is 5.56 Å². The number of nitrogens with zero attached hydrogens (tertiary/aromatic N) is 2. The molecule has 2 aliphatic heterocycles. The summed E-state index contributed by atoms with van der Waals surface area (Å²) in [6.45, 7) is 1.08. The number of fused-ring (bicyclic) bond motifs is 1. The van der Waals surface area contributed by atoms with Crippen LogP contribution >= 0.6 is 11.8 Å². The highest BCUT2D eigenvalue weighted by atomic mass is 32.2. The van der Waals surface area contributed by atoms with E-state index < -0.39 is 0 Å². The largest absolute Gasteiger partial charge is 0.352 e. The number of carbonyl (C=O) groups excluding carboxylic acids is 3. The Hall–Kier alpha value is -2.80. The molecule has 0 saturated carbocycles. The van der Waals surface area contributed by atoms with Crippen LogP contribution in [0.4, 0.5) is 0 Å². The number of amides is 3. The van der Waals surface area contributed by atoms with Crippen molar-refractivity contribution >= 4 is 29.5 Å². The van der Waals surface area contributed by atoms with Crippen LogP contribution in [0.1, 0.15) is 21.5 Å². The van der Waals surface area contributed by atoms with E-state index in [1.807, 2.05) is 42.5 Å². The molecule has 2 aliphatic rings. The van der Waals surface area contributed by atoms with Gasteiger partial charge in [-0.3, -0.25) is 14.4 Å². The molecule has 0 radical (unpaired) electrons. The highest BCUT2D eigenvalue weighted by Crippen LogP contribution is 2.26. The number of benzene rings is 2. The van der Waals surface area contributed by atoms with Crippen molar-refractivity contribution in [3.63, 3.8) is 0 Å². The lowest BCUT2D eigenvalue weighted by atomic mass is 10.1. The number of carbonyl (C=O) groups is 3. The Morgan fingerprint density at radius 1 is 1.03 bits per heavy atom. The van der Waals surface area contributed by atoms with Crippen LogP contribution < -0.4 is 5.32 Å². The maximum Gasteiger partial charge on any atom is 0.251 e. The molecule has 4 rings (SSSR count). The normalized spacial score (nSPS) is 18.7. The quantitative estimate of drug-likeness (QED) is 0.791. The molecule has 150 valence electrons. The number of rotatable bonds is 6. The Morgan fingerprint density at radius 2 is 1.79 bits per heavy atom. The predicted octanol–water partition coefficient (Wildman–Crippen LogP) is 1.90. The summed E-state index contributed by atoms with van der Waals surface area (Å²) in [5.41, 5.74) is 2.68. The summed E-state index contributed by atoms with van der Waals surface area (Å²) in [5.74, 6) is 1.18.